The van der Waals surface area contributed by atoms with E-state index in [1.165, 1.54) is 25.6 Å². The highest BCUT2D eigenvalue weighted by atomic mass is 32.2. The maximum absolute atomic E-state index is 12.2. The van der Waals surface area contributed by atoms with Crippen molar-refractivity contribution < 1.29 is 19.1 Å². The molecule has 0 saturated carbocycles. The molecule has 1 amide bonds. The number of hydrogen-bond donors (Lipinski definition) is 1. The minimum Gasteiger partial charge on any atom is -0.452 e. The molecule has 0 aromatic heterocycles. The van der Waals surface area contributed by atoms with Gasteiger partial charge in [0.2, 0.25) is 0 Å². The zero-order valence-corrected chi connectivity index (χ0v) is 16.7. The van der Waals surface area contributed by atoms with Crippen LogP contribution in [0.25, 0.3) is 0 Å². The van der Waals surface area contributed by atoms with E-state index in [4.69, 9.17) is 4.74 Å². The lowest BCUT2D eigenvalue weighted by molar-refractivity contribution is -0.150. The first-order chi connectivity index (χ1) is 12.8. The molecule has 0 unspecified atom stereocenters. The Hall–Kier alpha value is -2.60. The third kappa shape index (κ3) is 6.25. The van der Waals surface area contributed by atoms with E-state index in [0.29, 0.717) is 11.3 Å². The van der Waals surface area contributed by atoms with Gasteiger partial charge in [0, 0.05) is 16.1 Å². The lowest BCUT2D eigenvalue weighted by Gasteiger charge is -2.14. The van der Waals surface area contributed by atoms with E-state index in [1.807, 2.05) is 32.0 Å². The number of amides is 1. The number of ketones is 1. The normalized spacial score (nSPS) is 11.6. The van der Waals surface area contributed by atoms with Gasteiger partial charge in [-0.1, -0.05) is 29.8 Å². The molecular weight excluding hydrogens is 362 g/mol. The fraction of sp³-hybridized carbons (Fsp3) is 0.286. The minimum atomic E-state index is -0.933. The quantitative estimate of drug-likeness (QED) is 0.440. The number of Topliss-reactive ketones (excluding diaryl/α,β-unsaturated/α-hetero) is 1. The summed E-state index contributed by atoms with van der Waals surface area (Å²) in [6.45, 7) is 6.96. The number of nitrogens with one attached hydrogen (secondary N) is 1. The summed E-state index contributed by atoms with van der Waals surface area (Å²) in [5.74, 6) is -0.863. The molecule has 0 aliphatic heterocycles. The predicted octanol–water partition coefficient (Wildman–Crippen LogP) is 4.17. The number of aryl methyl sites for hydroxylation is 2. The van der Waals surface area contributed by atoms with E-state index < -0.39 is 18.0 Å². The highest BCUT2D eigenvalue weighted by molar-refractivity contribution is 8.00. The number of benzene rings is 2. The average molecular weight is 385 g/mol. The van der Waals surface area contributed by atoms with Crippen molar-refractivity contribution in [3.05, 3.63) is 59.2 Å². The van der Waals surface area contributed by atoms with Gasteiger partial charge in [-0.15, -0.1) is 11.8 Å². The summed E-state index contributed by atoms with van der Waals surface area (Å²) in [6, 6.07) is 12.7. The Morgan fingerprint density at radius 3 is 2.56 bits per heavy atom. The predicted molar refractivity (Wildman–Crippen MR) is 107 cm³/mol. The van der Waals surface area contributed by atoms with E-state index >= 15 is 0 Å². The molecule has 1 atom stereocenters. The second-order valence-corrected chi connectivity index (χ2v) is 7.33. The second kappa shape index (κ2) is 9.37. The van der Waals surface area contributed by atoms with Crippen molar-refractivity contribution in [2.75, 3.05) is 11.1 Å². The first-order valence-electron chi connectivity index (χ1n) is 8.57. The Morgan fingerprint density at radius 1 is 1.11 bits per heavy atom. The summed E-state index contributed by atoms with van der Waals surface area (Å²) in [7, 11) is 0. The summed E-state index contributed by atoms with van der Waals surface area (Å²) < 4.78 is 5.22. The Morgan fingerprint density at radius 2 is 1.85 bits per heavy atom. The zero-order valence-electron chi connectivity index (χ0n) is 15.9. The van der Waals surface area contributed by atoms with Crippen LogP contribution in [0.15, 0.2) is 47.4 Å². The lowest BCUT2D eigenvalue weighted by atomic mass is 10.1. The molecule has 142 valence electrons. The van der Waals surface area contributed by atoms with Crippen LogP contribution in [0.2, 0.25) is 0 Å². The molecule has 0 bridgehead atoms. The number of anilines is 1. The Balaban J connectivity index is 1.88. The van der Waals surface area contributed by atoms with Gasteiger partial charge in [-0.2, -0.15) is 0 Å². The van der Waals surface area contributed by atoms with Crippen molar-refractivity contribution >= 4 is 35.1 Å². The van der Waals surface area contributed by atoms with Crippen molar-refractivity contribution in [2.45, 2.75) is 38.7 Å². The largest absolute Gasteiger partial charge is 0.452 e. The van der Waals surface area contributed by atoms with Gasteiger partial charge in [0.05, 0.1) is 5.75 Å². The van der Waals surface area contributed by atoms with E-state index in [9.17, 15) is 14.4 Å². The molecule has 0 heterocycles. The average Bonchev–Trinajstić information content (AvgIpc) is 2.62. The van der Waals surface area contributed by atoms with Gasteiger partial charge in [0.15, 0.2) is 11.9 Å². The second-order valence-electron chi connectivity index (χ2n) is 6.32. The van der Waals surface area contributed by atoms with Crippen LogP contribution in [0, 0.1) is 13.8 Å². The topological polar surface area (TPSA) is 72.5 Å². The summed E-state index contributed by atoms with van der Waals surface area (Å²) in [5.41, 5.74) is 3.20. The fourth-order valence-corrected chi connectivity index (χ4v) is 3.25. The van der Waals surface area contributed by atoms with Crippen LogP contribution in [0.1, 0.15) is 35.3 Å². The molecule has 0 fully saturated rings. The first kappa shape index (κ1) is 20.7. The smallest absolute Gasteiger partial charge is 0.317 e. The van der Waals surface area contributed by atoms with Crippen molar-refractivity contribution in [3.63, 3.8) is 0 Å². The third-order valence-electron chi connectivity index (χ3n) is 3.90. The van der Waals surface area contributed by atoms with Crippen molar-refractivity contribution in [1.29, 1.82) is 0 Å². The number of carbonyl (C=O) groups excluding carboxylic acids is 3. The highest BCUT2D eigenvalue weighted by Crippen LogP contribution is 2.23. The molecule has 5 nitrogen and oxygen atoms in total. The molecule has 0 aliphatic carbocycles. The van der Waals surface area contributed by atoms with Crippen LogP contribution in [0.5, 0.6) is 0 Å². The molecule has 2 rings (SSSR count). The zero-order chi connectivity index (χ0) is 20.0. The molecule has 0 radical (unpaired) electrons. The summed E-state index contributed by atoms with van der Waals surface area (Å²) in [4.78, 5) is 36.7. The van der Waals surface area contributed by atoms with Crippen molar-refractivity contribution in [2.24, 2.45) is 0 Å². The Kier molecular flexibility index (Phi) is 7.19. The molecule has 1 N–H and O–H groups in total. The van der Waals surface area contributed by atoms with E-state index in [2.05, 4.69) is 5.32 Å². The van der Waals surface area contributed by atoms with Crippen LogP contribution in [0.3, 0.4) is 0 Å². The fourth-order valence-electron chi connectivity index (χ4n) is 2.34. The van der Waals surface area contributed by atoms with Gasteiger partial charge >= 0.3 is 5.97 Å². The number of rotatable bonds is 7. The summed E-state index contributed by atoms with van der Waals surface area (Å²) in [6.07, 6.45) is -0.933. The molecular formula is C21H23NO4S. The van der Waals surface area contributed by atoms with Gasteiger partial charge in [-0.05, 0) is 51.5 Å². The SMILES string of the molecule is CC(=O)c1cccc(NC(=O)[C@H](C)OC(=O)CSc2cc(C)ccc2C)c1. The summed E-state index contributed by atoms with van der Waals surface area (Å²) >= 11 is 1.39. The molecule has 0 saturated heterocycles. The Labute approximate surface area is 163 Å². The highest BCUT2D eigenvalue weighted by Gasteiger charge is 2.18. The van der Waals surface area contributed by atoms with Crippen LogP contribution in [-0.4, -0.2) is 29.5 Å². The summed E-state index contributed by atoms with van der Waals surface area (Å²) in [5, 5.41) is 2.66. The molecule has 2 aromatic carbocycles. The number of hydrogen-bond acceptors (Lipinski definition) is 5. The van der Waals surface area contributed by atoms with Crippen LogP contribution in [0.4, 0.5) is 5.69 Å². The van der Waals surface area contributed by atoms with E-state index in [-0.39, 0.29) is 11.5 Å². The Bertz CT molecular complexity index is 863. The maximum Gasteiger partial charge on any atom is 0.317 e. The van der Waals surface area contributed by atoms with Crippen LogP contribution >= 0.6 is 11.8 Å². The van der Waals surface area contributed by atoms with Crippen molar-refractivity contribution in [1.82, 2.24) is 0 Å². The van der Waals surface area contributed by atoms with Gasteiger partial charge in [-0.3, -0.25) is 14.4 Å². The van der Waals surface area contributed by atoms with Gasteiger partial charge in [-0.25, -0.2) is 0 Å². The standard InChI is InChI=1S/C21H23NO4S/c1-13-8-9-14(2)19(10-13)27-12-20(24)26-16(4)21(25)22-18-7-5-6-17(11-18)15(3)23/h5-11,16H,12H2,1-4H3,(H,22,25)/t16-/m0/s1. The molecule has 0 spiro atoms. The van der Waals surface area contributed by atoms with Gasteiger partial charge in [0.1, 0.15) is 0 Å². The number of carbonyl (C=O) groups is 3. The molecule has 0 aliphatic rings. The van der Waals surface area contributed by atoms with Gasteiger partial charge in [0.25, 0.3) is 5.91 Å². The molecule has 6 heteroatoms. The van der Waals surface area contributed by atoms with E-state index in [0.717, 1.165) is 16.0 Å². The van der Waals surface area contributed by atoms with Gasteiger partial charge < -0.3 is 10.1 Å². The number of ether oxygens (including phenoxy) is 1. The minimum absolute atomic E-state index is 0.0888. The monoisotopic (exact) mass is 385 g/mol. The lowest BCUT2D eigenvalue weighted by Crippen LogP contribution is -2.30. The maximum atomic E-state index is 12.2. The first-order valence-corrected chi connectivity index (χ1v) is 9.56. The van der Waals surface area contributed by atoms with E-state index in [1.54, 1.807) is 24.3 Å². The third-order valence-corrected chi connectivity index (χ3v) is 5.03. The number of thioether (sulfide) groups is 1. The number of esters is 1. The molecule has 2 aromatic rings. The van der Waals surface area contributed by atoms with Crippen molar-refractivity contribution in [3.8, 4) is 0 Å². The van der Waals surface area contributed by atoms with Crippen LogP contribution in [-0.2, 0) is 14.3 Å². The van der Waals surface area contributed by atoms with Crippen LogP contribution < -0.4 is 5.32 Å². The molecule has 27 heavy (non-hydrogen) atoms.